The van der Waals surface area contributed by atoms with Crippen molar-refractivity contribution < 1.29 is 4.74 Å². The summed E-state index contributed by atoms with van der Waals surface area (Å²) in [6.45, 7) is 10.2. The van der Waals surface area contributed by atoms with Crippen LogP contribution < -0.4 is 11.1 Å². The zero-order valence-corrected chi connectivity index (χ0v) is 13.0. The first kappa shape index (κ1) is 15.8. The third-order valence-corrected chi connectivity index (χ3v) is 3.75. The van der Waals surface area contributed by atoms with Gasteiger partial charge in [-0.15, -0.1) is 0 Å². The number of H-pyrrole nitrogens is 1. The predicted molar refractivity (Wildman–Crippen MR) is 83.3 cm³/mol. The largest absolute Gasteiger partial charge is 0.379 e. The molecule has 1 aliphatic heterocycles. The number of guanidine groups is 1. The maximum atomic E-state index is 5.88. The zero-order valence-electron chi connectivity index (χ0n) is 13.0. The molecule has 0 amide bonds. The molecule has 1 aliphatic rings. The maximum absolute atomic E-state index is 5.88. The van der Waals surface area contributed by atoms with Gasteiger partial charge in [-0.1, -0.05) is 0 Å². The van der Waals surface area contributed by atoms with Crippen molar-refractivity contribution in [2.75, 3.05) is 39.4 Å². The fraction of sp³-hybridized carbons (Fsp3) is 0.714. The smallest absolute Gasteiger partial charge is 0.188 e. The number of nitrogens with two attached hydrogens (primary N) is 1. The molecular formula is C14H26N6O. The Kier molecular flexibility index (Phi) is 6.01. The van der Waals surface area contributed by atoms with Gasteiger partial charge in [-0.3, -0.25) is 10.00 Å². The van der Waals surface area contributed by atoms with E-state index in [1.54, 1.807) is 0 Å². The van der Waals surface area contributed by atoms with Crippen molar-refractivity contribution in [2.45, 2.75) is 26.8 Å². The SMILES string of the molecule is Cc1n[nH]c(C)c1CN=C(N)NCCCN1CCOCC1. The summed E-state index contributed by atoms with van der Waals surface area (Å²) in [4.78, 5) is 6.78. The van der Waals surface area contributed by atoms with Gasteiger partial charge in [-0.25, -0.2) is 4.99 Å². The number of aromatic nitrogens is 2. The third kappa shape index (κ3) is 5.02. The van der Waals surface area contributed by atoms with Crippen molar-refractivity contribution in [1.82, 2.24) is 20.4 Å². The van der Waals surface area contributed by atoms with Gasteiger partial charge < -0.3 is 15.8 Å². The summed E-state index contributed by atoms with van der Waals surface area (Å²) < 4.78 is 5.33. The summed E-state index contributed by atoms with van der Waals surface area (Å²) >= 11 is 0. The third-order valence-electron chi connectivity index (χ3n) is 3.75. The fourth-order valence-electron chi connectivity index (χ4n) is 2.37. The first-order chi connectivity index (χ1) is 10.2. The van der Waals surface area contributed by atoms with E-state index in [0.717, 1.165) is 62.8 Å². The number of hydrogen-bond acceptors (Lipinski definition) is 4. The van der Waals surface area contributed by atoms with Crippen molar-refractivity contribution >= 4 is 5.96 Å². The average molecular weight is 294 g/mol. The molecule has 1 fully saturated rings. The van der Waals surface area contributed by atoms with Crippen LogP contribution in [0.15, 0.2) is 4.99 Å². The number of morpholine rings is 1. The highest BCUT2D eigenvalue weighted by molar-refractivity contribution is 5.77. The summed E-state index contributed by atoms with van der Waals surface area (Å²) in [5, 5.41) is 10.3. The molecule has 0 unspecified atom stereocenters. The van der Waals surface area contributed by atoms with E-state index in [1.807, 2.05) is 13.8 Å². The van der Waals surface area contributed by atoms with Gasteiger partial charge in [-0.05, 0) is 26.8 Å². The van der Waals surface area contributed by atoms with Crippen LogP contribution in [0.4, 0.5) is 0 Å². The molecule has 0 spiro atoms. The van der Waals surface area contributed by atoms with Crippen molar-refractivity contribution in [1.29, 1.82) is 0 Å². The molecule has 2 heterocycles. The van der Waals surface area contributed by atoms with E-state index in [1.165, 1.54) is 0 Å². The van der Waals surface area contributed by atoms with E-state index in [4.69, 9.17) is 10.5 Å². The van der Waals surface area contributed by atoms with Gasteiger partial charge in [0.25, 0.3) is 0 Å². The highest BCUT2D eigenvalue weighted by atomic mass is 16.5. The van der Waals surface area contributed by atoms with Crippen LogP contribution in [0.1, 0.15) is 23.4 Å². The minimum atomic E-state index is 0.497. The molecule has 7 nitrogen and oxygen atoms in total. The normalized spacial score (nSPS) is 17.1. The van der Waals surface area contributed by atoms with Crippen LogP contribution in [-0.4, -0.2) is 60.4 Å². The molecule has 0 radical (unpaired) electrons. The van der Waals surface area contributed by atoms with Crippen molar-refractivity contribution in [3.05, 3.63) is 17.0 Å². The molecule has 2 rings (SSSR count). The lowest BCUT2D eigenvalue weighted by molar-refractivity contribution is 0.0376. The van der Waals surface area contributed by atoms with Crippen LogP contribution in [0, 0.1) is 13.8 Å². The van der Waals surface area contributed by atoms with Crippen LogP contribution in [0.2, 0.25) is 0 Å². The van der Waals surface area contributed by atoms with Gasteiger partial charge in [0.15, 0.2) is 5.96 Å². The van der Waals surface area contributed by atoms with Gasteiger partial charge in [0, 0.05) is 30.9 Å². The topological polar surface area (TPSA) is 91.6 Å². The first-order valence-corrected chi connectivity index (χ1v) is 7.51. The Morgan fingerprint density at radius 1 is 1.43 bits per heavy atom. The van der Waals surface area contributed by atoms with Crippen LogP contribution in [0.3, 0.4) is 0 Å². The predicted octanol–water partition coefficient (Wildman–Crippen LogP) is 0.153. The van der Waals surface area contributed by atoms with Gasteiger partial charge >= 0.3 is 0 Å². The Hall–Kier alpha value is -1.60. The summed E-state index contributed by atoms with van der Waals surface area (Å²) in [5.41, 5.74) is 9.04. The molecule has 0 aliphatic carbocycles. The van der Waals surface area contributed by atoms with E-state index < -0.39 is 0 Å². The molecule has 1 aromatic heterocycles. The number of ether oxygens (including phenoxy) is 1. The van der Waals surface area contributed by atoms with Gasteiger partial charge in [0.2, 0.25) is 0 Å². The molecule has 4 N–H and O–H groups in total. The molecule has 0 atom stereocenters. The Balaban J connectivity index is 1.64. The molecule has 1 aromatic rings. The van der Waals surface area contributed by atoms with Crippen molar-refractivity contribution in [3.63, 3.8) is 0 Å². The van der Waals surface area contributed by atoms with E-state index in [9.17, 15) is 0 Å². The second-order valence-electron chi connectivity index (χ2n) is 5.35. The number of nitrogens with zero attached hydrogens (tertiary/aromatic N) is 3. The Labute approximate surface area is 125 Å². The van der Waals surface area contributed by atoms with Crippen molar-refractivity contribution in [2.24, 2.45) is 10.7 Å². The highest BCUT2D eigenvalue weighted by Crippen LogP contribution is 2.09. The standard InChI is InChI=1S/C14H26N6O/c1-11-13(12(2)19-18-11)10-17-14(15)16-4-3-5-20-6-8-21-9-7-20/h3-10H2,1-2H3,(H,18,19)(H3,15,16,17). The molecule has 21 heavy (non-hydrogen) atoms. The Morgan fingerprint density at radius 3 is 2.86 bits per heavy atom. The molecule has 1 saturated heterocycles. The van der Waals surface area contributed by atoms with Gasteiger partial charge in [-0.2, -0.15) is 5.10 Å². The Morgan fingerprint density at radius 2 is 2.19 bits per heavy atom. The second-order valence-corrected chi connectivity index (χ2v) is 5.35. The fourth-order valence-corrected chi connectivity index (χ4v) is 2.37. The lowest BCUT2D eigenvalue weighted by Crippen LogP contribution is -2.39. The van der Waals surface area contributed by atoms with E-state index >= 15 is 0 Å². The van der Waals surface area contributed by atoms with E-state index in [-0.39, 0.29) is 0 Å². The van der Waals surface area contributed by atoms with Gasteiger partial charge in [0.05, 0.1) is 25.5 Å². The Bertz CT molecular complexity index is 445. The van der Waals surface area contributed by atoms with Gasteiger partial charge in [0.1, 0.15) is 0 Å². The maximum Gasteiger partial charge on any atom is 0.188 e. The quantitative estimate of drug-likeness (QED) is 0.395. The summed E-state index contributed by atoms with van der Waals surface area (Å²) in [6.07, 6.45) is 1.06. The number of rotatable bonds is 6. The first-order valence-electron chi connectivity index (χ1n) is 7.51. The molecule has 0 saturated carbocycles. The second kappa shape index (κ2) is 7.99. The summed E-state index contributed by atoms with van der Waals surface area (Å²) in [6, 6.07) is 0. The summed E-state index contributed by atoms with van der Waals surface area (Å²) in [7, 11) is 0. The average Bonchev–Trinajstić information content (AvgIpc) is 2.81. The van der Waals surface area contributed by atoms with E-state index in [2.05, 4.69) is 25.4 Å². The molecule has 0 aromatic carbocycles. The molecule has 0 bridgehead atoms. The minimum Gasteiger partial charge on any atom is -0.379 e. The lowest BCUT2D eigenvalue weighted by Gasteiger charge is -2.26. The van der Waals surface area contributed by atoms with E-state index in [0.29, 0.717) is 12.5 Å². The highest BCUT2D eigenvalue weighted by Gasteiger charge is 2.09. The zero-order chi connectivity index (χ0) is 15.1. The molecule has 7 heteroatoms. The summed E-state index contributed by atoms with van der Waals surface area (Å²) in [5.74, 6) is 0.497. The van der Waals surface area contributed by atoms with Crippen LogP contribution in [0.5, 0.6) is 0 Å². The van der Waals surface area contributed by atoms with Crippen molar-refractivity contribution in [3.8, 4) is 0 Å². The molecule has 118 valence electrons. The number of aliphatic imine (C=N–C) groups is 1. The number of hydrogen-bond donors (Lipinski definition) is 3. The monoisotopic (exact) mass is 294 g/mol. The van der Waals surface area contributed by atoms with Crippen LogP contribution in [-0.2, 0) is 11.3 Å². The van der Waals surface area contributed by atoms with Crippen LogP contribution >= 0.6 is 0 Å². The lowest BCUT2D eigenvalue weighted by atomic mass is 10.2. The van der Waals surface area contributed by atoms with Crippen LogP contribution in [0.25, 0.3) is 0 Å². The number of nitrogens with one attached hydrogen (secondary N) is 2. The number of aromatic amines is 1. The minimum absolute atomic E-state index is 0.497. The molecular weight excluding hydrogens is 268 g/mol. The number of aryl methyl sites for hydroxylation is 2.